The van der Waals surface area contributed by atoms with Crippen LogP contribution in [0.4, 0.5) is 0 Å². The Kier molecular flexibility index (Phi) is 4.90. The van der Waals surface area contributed by atoms with E-state index in [9.17, 15) is 30.3 Å². The number of aliphatic hydroxyl groups excluding tert-OH is 4. The van der Waals surface area contributed by atoms with Crippen LogP contribution in [0.5, 0.6) is 11.5 Å². The molecule has 9 heteroatoms. The van der Waals surface area contributed by atoms with E-state index in [1.165, 1.54) is 7.11 Å². The Bertz CT molecular complexity index is 588. The smallest absolute Gasteiger partial charge is 0.261 e. The van der Waals surface area contributed by atoms with E-state index >= 15 is 0 Å². The average Bonchev–Trinajstić information content (AvgIpc) is 2.56. The van der Waals surface area contributed by atoms with E-state index in [1.807, 2.05) is 0 Å². The van der Waals surface area contributed by atoms with Crippen LogP contribution in [0, 0.1) is 0 Å². The first-order chi connectivity index (χ1) is 10.8. The number of hydrogen-bond donors (Lipinski definition) is 6. The summed E-state index contributed by atoms with van der Waals surface area (Å²) in [5, 5.41) is 58.3. The molecular formula is C14H18O9. The summed E-state index contributed by atoms with van der Waals surface area (Å²) in [6.45, 7) is -0.792. The Morgan fingerprint density at radius 2 is 1.96 bits per heavy atom. The Labute approximate surface area is 130 Å². The van der Waals surface area contributed by atoms with Crippen LogP contribution in [-0.2, 0) is 4.74 Å². The molecule has 23 heavy (non-hydrogen) atoms. The number of rotatable bonds is 4. The topological polar surface area (TPSA) is 157 Å². The zero-order valence-corrected chi connectivity index (χ0v) is 12.2. The maximum atomic E-state index is 12.5. The summed E-state index contributed by atoms with van der Waals surface area (Å²) in [7, 11) is 1.26. The highest BCUT2D eigenvalue weighted by Crippen LogP contribution is 2.33. The summed E-state index contributed by atoms with van der Waals surface area (Å²) in [6.07, 6.45) is -7.21. The number of aromatic hydroxyl groups is 1. The molecule has 6 N–H and O–H groups in total. The molecule has 1 aliphatic rings. The molecule has 0 bridgehead atoms. The van der Waals surface area contributed by atoms with Crippen molar-refractivity contribution < 1.29 is 44.9 Å². The van der Waals surface area contributed by atoms with E-state index in [0.717, 1.165) is 18.2 Å². The molecule has 0 amide bonds. The zero-order chi connectivity index (χ0) is 17.4. The monoisotopic (exact) mass is 330 g/mol. The van der Waals surface area contributed by atoms with Crippen LogP contribution in [0.1, 0.15) is 10.4 Å². The number of Topliss-reactive ketones (excluding diaryl/α,β-unsaturated/α-hetero) is 1. The molecule has 0 aliphatic carbocycles. The first-order valence-electron chi connectivity index (χ1n) is 6.73. The van der Waals surface area contributed by atoms with Crippen molar-refractivity contribution in [3.05, 3.63) is 23.8 Å². The summed E-state index contributed by atoms with van der Waals surface area (Å²) in [4.78, 5) is 12.5. The van der Waals surface area contributed by atoms with Crippen molar-refractivity contribution in [2.75, 3.05) is 13.7 Å². The van der Waals surface area contributed by atoms with Gasteiger partial charge in [-0.3, -0.25) is 4.79 Å². The van der Waals surface area contributed by atoms with Gasteiger partial charge in [0.15, 0.2) is 11.5 Å². The van der Waals surface area contributed by atoms with E-state index in [1.54, 1.807) is 0 Å². The number of benzene rings is 1. The number of ketones is 1. The highest BCUT2D eigenvalue weighted by molar-refractivity contribution is 6.02. The fourth-order valence-electron chi connectivity index (χ4n) is 2.37. The lowest BCUT2D eigenvalue weighted by atomic mass is 9.88. The molecule has 0 spiro atoms. The number of ether oxygens (including phenoxy) is 2. The summed E-state index contributed by atoms with van der Waals surface area (Å²) >= 11 is 0. The predicted molar refractivity (Wildman–Crippen MR) is 73.9 cm³/mol. The number of methoxy groups -OCH3 is 1. The molecule has 1 aliphatic heterocycles. The van der Waals surface area contributed by atoms with Gasteiger partial charge in [-0.05, 0) is 18.2 Å². The minimum absolute atomic E-state index is 0.0518. The van der Waals surface area contributed by atoms with Gasteiger partial charge in [0.1, 0.15) is 24.4 Å². The van der Waals surface area contributed by atoms with Gasteiger partial charge in [0.2, 0.25) is 5.78 Å². The molecule has 9 nitrogen and oxygen atoms in total. The van der Waals surface area contributed by atoms with Crippen molar-refractivity contribution in [3.63, 3.8) is 0 Å². The van der Waals surface area contributed by atoms with Gasteiger partial charge in [-0.1, -0.05) is 0 Å². The van der Waals surface area contributed by atoms with Crippen LogP contribution >= 0.6 is 0 Å². The Hall–Kier alpha value is -1.75. The van der Waals surface area contributed by atoms with Gasteiger partial charge in [-0.15, -0.1) is 0 Å². The second-order valence-corrected chi connectivity index (χ2v) is 5.18. The first kappa shape index (κ1) is 17.6. The van der Waals surface area contributed by atoms with Gasteiger partial charge < -0.3 is 40.1 Å². The molecule has 2 rings (SSSR count). The lowest BCUT2D eigenvalue weighted by Gasteiger charge is -2.44. The van der Waals surface area contributed by atoms with Gasteiger partial charge in [0.05, 0.1) is 13.7 Å². The molecule has 1 fully saturated rings. The molecule has 1 unspecified atom stereocenters. The minimum Gasteiger partial charge on any atom is -0.504 e. The second kappa shape index (κ2) is 6.40. The number of carbonyl (C=O) groups excluding carboxylic acids is 1. The zero-order valence-electron chi connectivity index (χ0n) is 12.2. The van der Waals surface area contributed by atoms with Crippen molar-refractivity contribution in [2.24, 2.45) is 0 Å². The van der Waals surface area contributed by atoms with Crippen LogP contribution in [0.15, 0.2) is 18.2 Å². The number of aliphatic hydroxyl groups is 5. The molecule has 0 saturated carbocycles. The first-order valence-corrected chi connectivity index (χ1v) is 6.73. The van der Waals surface area contributed by atoms with Gasteiger partial charge >= 0.3 is 0 Å². The standard InChI is InChI=1S/C14H18O9/c1-22-8-4-6(2-3-7(8)16)12(19)14(21)13(20)11(18)10(17)9(5-15)23-14/h2-4,9-11,13,15-18,20-21H,5H2,1H3/t9-,10-,11+,13-,14?/m1/s1. The van der Waals surface area contributed by atoms with Gasteiger partial charge in [-0.2, -0.15) is 0 Å². The number of phenolic OH excluding ortho intramolecular Hbond substituents is 1. The number of phenols is 1. The third-order valence-corrected chi connectivity index (χ3v) is 3.73. The van der Waals surface area contributed by atoms with Crippen LogP contribution in [-0.4, -0.2) is 80.3 Å². The summed E-state index contributed by atoms with van der Waals surface area (Å²) in [6, 6.07) is 3.40. The summed E-state index contributed by atoms with van der Waals surface area (Å²) in [5.41, 5.74) is -0.179. The Morgan fingerprint density at radius 1 is 1.30 bits per heavy atom. The van der Waals surface area contributed by atoms with Crippen LogP contribution in [0.25, 0.3) is 0 Å². The van der Waals surface area contributed by atoms with Crippen molar-refractivity contribution in [1.82, 2.24) is 0 Å². The number of carbonyl (C=O) groups is 1. The van der Waals surface area contributed by atoms with Gasteiger partial charge in [-0.25, -0.2) is 0 Å². The van der Waals surface area contributed by atoms with E-state index in [-0.39, 0.29) is 17.1 Å². The van der Waals surface area contributed by atoms with Gasteiger partial charge in [0.25, 0.3) is 5.79 Å². The molecular weight excluding hydrogens is 312 g/mol. The van der Waals surface area contributed by atoms with Crippen molar-refractivity contribution in [1.29, 1.82) is 0 Å². The molecule has 1 saturated heterocycles. The lowest BCUT2D eigenvalue weighted by molar-refractivity contribution is -0.322. The lowest BCUT2D eigenvalue weighted by Crippen LogP contribution is -2.68. The fourth-order valence-corrected chi connectivity index (χ4v) is 2.37. The quantitative estimate of drug-likeness (QED) is 0.335. The highest BCUT2D eigenvalue weighted by atomic mass is 16.7. The molecule has 128 valence electrons. The van der Waals surface area contributed by atoms with Crippen LogP contribution in [0.2, 0.25) is 0 Å². The van der Waals surface area contributed by atoms with Gasteiger partial charge in [0, 0.05) is 5.56 Å². The highest BCUT2D eigenvalue weighted by Gasteiger charge is 2.57. The second-order valence-electron chi connectivity index (χ2n) is 5.18. The molecule has 1 aromatic rings. The van der Waals surface area contributed by atoms with E-state index < -0.39 is 42.6 Å². The van der Waals surface area contributed by atoms with Crippen LogP contribution < -0.4 is 4.74 Å². The molecule has 0 radical (unpaired) electrons. The maximum Gasteiger partial charge on any atom is 0.261 e. The Balaban J connectivity index is 2.39. The predicted octanol–water partition coefficient (Wildman–Crippen LogP) is -2.25. The van der Waals surface area contributed by atoms with E-state index in [2.05, 4.69) is 0 Å². The molecule has 0 aromatic heterocycles. The third-order valence-electron chi connectivity index (χ3n) is 3.73. The van der Waals surface area contributed by atoms with Crippen molar-refractivity contribution in [3.8, 4) is 11.5 Å². The SMILES string of the molecule is COc1cc(C(=O)C2(O)O[C@H](CO)[C@@H](O)[C@H](O)[C@H]2O)ccc1O. The normalized spacial score (nSPS) is 34.2. The minimum atomic E-state index is -2.88. The third kappa shape index (κ3) is 2.90. The summed E-state index contributed by atoms with van der Waals surface area (Å²) in [5.74, 6) is -4.31. The largest absolute Gasteiger partial charge is 0.504 e. The Morgan fingerprint density at radius 3 is 2.52 bits per heavy atom. The fraction of sp³-hybridized carbons (Fsp3) is 0.500. The molecule has 1 aromatic carbocycles. The maximum absolute atomic E-state index is 12.5. The summed E-state index contributed by atoms with van der Waals surface area (Å²) < 4.78 is 9.78. The van der Waals surface area contributed by atoms with E-state index in [0.29, 0.717) is 0 Å². The number of hydrogen-bond acceptors (Lipinski definition) is 9. The van der Waals surface area contributed by atoms with E-state index in [4.69, 9.17) is 14.6 Å². The van der Waals surface area contributed by atoms with Crippen LogP contribution in [0.3, 0.4) is 0 Å². The molecule has 1 heterocycles. The average molecular weight is 330 g/mol. The molecule has 5 atom stereocenters. The van der Waals surface area contributed by atoms with Crippen molar-refractivity contribution in [2.45, 2.75) is 30.2 Å². The van der Waals surface area contributed by atoms with Crippen molar-refractivity contribution >= 4 is 5.78 Å².